The summed E-state index contributed by atoms with van der Waals surface area (Å²) in [6, 6.07) is 17.6. The van der Waals surface area contributed by atoms with Crippen molar-refractivity contribution < 1.29 is 9.15 Å². The van der Waals surface area contributed by atoms with Crippen LogP contribution in [0.4, 0.5) is 0 Å². The second-order valence-electron chi connectivity index (χ2n) is 5.48. The van der Waals surface area contributed by atoms with E-state index < -0.39 is 0 Å². The van der Waals surface area contributed by atoms with Crippen LogP contribution in [0.3, 0.4) is 0 Å². The molecule has 4 aromatic rings. The third-order valence-corrected chi connectivity index (χ3v) is 4.64. The Kier molecular flexibility index (Phi) is 4.11. The summed E-state index contributed by atoms with van der Waals surface area (Å²) < 4.78 is 11.0. The van der Waals surface area contributed by atoms with E-state index in [1.54, 1.807) is 7.11 Å². The molecule has 4 rings (SSSR count). The van der Waals surface area contributed by atoms with Crippen LogP contribution in [0.2, 0.25) is 0 Å². The normalized spacial score (nSPS) is 11.0. The minimum atomic E-state index is 0.486. The molecule has 6 heteroatoms. The summed E-state index contributed by atoms with van der Waals surface area (Å²) >= 11 is 1.45. The van der Waals surface area contributed by atoms with Gasteiger partial charge in [-0.1, -0.05) is 18.2 Å². The zero-order valence-electron chi connectivity index (χ0n) is 13.8. The quantitative estimate of drug-likeness (QED) is 0.530. The number of ether oxygens (including phenoxy) is 1. The molecule has 0 radical (unpaired) electrons. The molecule has 0 bridgehead atoms. The molecule has 0 fully saturated rings. The summed E-state index contributed by atoms with van der Waals surface area (Å²) in [5.41, 5.74) is 2.77. The Bertz CT molecular complexity index is 1030. The zero-order chi connectivity index (χ0) is 17.2. The lowest BCUT2D eigenvalue weighted by atomic mass is 10.2. The summed E-state index contributed by atoms with van der Waals surface area (Å²) in [7, 11) is 1.64. The van der Waals surface area contributed by atoms with Gasteiger partial charge in [0.1, 0.15) is 5.75 Å². The lowest BCUT2D eigenvalue weighted by Gasteiger charge is -2.04. The molecule has 0 amide bonds. The van der Waals surface area contributed by atoms with Crippen LogP contribution < -0.4 is 4.74 Å². The van der Waals surface area contributed by atoms with Crippen molar-refractivity contribution >= 4 is 22.7 Å². The first kappa shape index (κ1) is 15.7. The zero-order valence-corrected chi connectivity index (χ0v) is 14.6. The Morgan fingerprint density at radius 2 is 1.80 bits per heavy atom. The number of hydrogen-bond acceptors (Lipinski definition) is 6. The highest BCUT2D eigenvalue weighted by atomic mass is 32.2. The molecule has 0 atom stereocenters. The van der Waals surface area contributed by atoms with Crippen molar-refractivity contribution in [2.45, 2.75) is 17.0 Å². The average molecular weight is 349 g/mol. The Labute approximate surface area is 149 Å². The molecule has 0 aliphatic heterocycles. The maximum Gasteiger partial charge on any atom is 0.281 e. The van der Waals surface area contributed by atoms with Gasteiger partial charge in [0.05, 0.1) is 12.6 Å². The molecule has 0 saturated carbocycles. The summed E-state index contributed by atoms with van der Waals surface area (Å²) in [5.74, 6) is 1.27. The Hall–Kier alpha value is -2.86. The van der Waals surface area contributed by atoms with E-state index in [2.05, 4.69) is 15.2 Å². The van der Waals surface area contributed by atoms with Crippen molar-refractivity contribution in [3.05, 3.63) is 60.3 Å². The first-order valence-corrected chi connectivity index (χ1v) is 8.57. The molecule has 0 N–H and O–H groups in total. The molecular weight excluding hydrogens is 334 g/mol. The lowest BCUT2D eigenvalue weighted by molar-refractivity contribution is 0.414. The van der Waals surface area contributed by atoms with E-state index in [4.69, 9.17) is 9.15 Å². The lowest BCUT2D eigenvalue weighted by Crippen LogP contribution is -1.86. The van der Waals surface area contributed by atoms with Gasteiger partial charge in [0.15, 0.2) is 0 Å². The summed E-state index contributed by atoms with van der Waals surface area (Å²) in [6.45, 7) is 1.98. The van der Waals surface area contributed by atoms with Gasteiger partial charge < -0.3 is 9.15 Å². The van der Waals surface area contributed by atoms with Crippen LogP contribution in [-0.2, 0) is 0 Å². The van der Waals surface area contributed by atoms with Gasteiger partial charge in [0.25, 0.3) is 5.22 Å². The SMILES string of the molecule is COc1ccc(-c2nnc(Sc3cc(C)nc4ccccc34)o2)cc1. The largest absolute Gasteiger partial charge is 0.497 e. The van der Waals surface area contributed by atoms with Gasteiger partial charge in [0.2, 0.25) is 5.89 Å². The molecule has 0 spiro atoms. The van der Waals surface area contributed by atoms with Gasteiger partial charge in [-0.25, -0.2) is 0 Å². The van der Waals surface area contributed by atoms with E-state index >= 15 is 0 Å². The van der Waals surface area contributed by atoms with Crippen LogP contribution in [0, 0.1) is 6.92 Å². The smallest absolute Gasteiger partial charge is 0.281 e. The maximum absolute atomic E-state index is 5.82. The van der Waals surface area contributed by atoms with Gasteiger partial charge in [-0.15, -0.1) is 10.2 Å². The molecule has 0 aliphatic carbocycles. The number of rotatable bonds is 4. The first-order chi connectivity index (χ1) is 12.2. The predicted molar refractivity (Wildman–Crippen MR) is 96.9 cm³/mol. The number of benzene rings is 2. The average Bonchev–Trinajstić information content (AvgIpc) is 3.10. The molecule has 2 heterocycles. The van der Waals surface area contributed by atoms with E-state index in [0.29, 0.717) is 11.1 Å². The minimum Gasteiger partial charge on any atom is -0.497 e. The van der Waals surface area contributed by atoms with Gasteiger partial charge >= 0.3 is 0 Å². The van der Waals surface area contributed by atoms with Crippen molar-refractivity contribution in [1.82, 2.24) is 15.2 Å². The third-order valence-electron chi connectivity index (χ3n) is 3.75. The maximum atomic E-state index is 5.82. The number of para-hydroxylation sites is 1. The highest BCUT2D eigenvalue weighted by molar-refractivity contribution is 7.99. The number of aryl methyl sites for hydroxylation is 1. The van der Waals surface area contributed by atoms with Crippen molar-refractivity contribution in [3.8, 4) is 17.2 Å². The van der Waals surface area contributed by atoms with Crippen LogP contribution in [-0.4, -0.2) is 22.3 Å². The molecule has 0 aliphatic rings. The van der Waals surface area contributed by atoms with E-state index in [-0.39, 0.29) is 0 Å². The fraction of sp³-hybridized carbons (Fsp3) is 0.105. The van der Waals surface area contributed by atoms with E-state index in [9.17, 15) is 0 Å². The van der Waals surface area contributed by atoms with E-state index in [0.717, 1.165) is 32.8 Å². The fourth-order valence-corrected chi connectivity index (χ4v) is 3.45. The second-order valence-corrected chi connectivity index (χ2v) is 6.48. The standard InChI is InChI=1S/C19H15N3O2S/c1-12-11-17(15-5-3-4-6-16(15)20-12)25-19-22-21-18(24-19)13-7-9-14(23-2)10-8-13/h3-11H,1-2H3. The first-order valence-electron chi connectivity index (χ1n) is 7.75. The summed E-state index contributed by atoms with van der Waals surface area (Å²) in [4.78, 5) is 5.60. The van der Waals surface area contributed by atoms with Crippen LogP contribution in [0.5, 0.6) is 5.75 Å². The van der Waals surface area contributed by atoms with E-state index in [1.807, 2.05) is 61.5 Å². The highest BCUT2D eigenvalue weighted by Gasteiger charge is 2.12. The summed E-state index contributed by atoms with van der Waals surface area (Å²) in [5, 5.41) is 9.88. The third kappa shape index (κ3) is 3.21. The van der Waals surface area contributed by atoms with Crippen molar-refractivity contribution in [2.24, 2.45) is 0 Å². The monoisotopic (exact) mass is 349 g/mol. The molecule has 0 saturated heterocycles. The Morgan fingerprint density at radius 1 is 1.00 bits per heavy atom. The molecule has 5 nitrogen and oxygen atoms in total. The van der Waals surface area contributed by atoms with Crippen molar-refractivity contribution in [1.29, 1.82) is 0 Å². The molecule has 0 unspecified atom stereocenters. The number of hydrogen-bond donors (Lipinski definition) is 0. The molecule has 2 aromatic carbocycles. The van der Waals surface area contributed by atoms with Crippen molar-refractivity contribution in [2.75, 3.05) is 7.11 Å². The highest BCUT2D eigenvalue weighted by Crippen LogP contribution is 2.34. The Balaban J connectivity index is 1.65. The topological polar surface area (TPSA) is 61.0 Å². The van der Waals surface area contributed by atoms with Crippen molar-refractivity contribution in [3.63, 3.8) is 0 Å². The van der Waals surface area contributed by atoms with Crippen LogP contribution in [0.25, 0.3) is 22.4 Å². The second kappa shape index (κ2) is 6.57. The van der Waals surface area contributed by atoms with Gasteiger partial charge in [-0.3, -0.25) is 4.98 Å². The van der Waals surface area contributed by atoms with Crippen LogP contribution in [0.15, 0.2) is 69.1 Å². The fourth-order valence-electron chi connectivity index (χ4n) is 2.55. The van der Waals surface area contributed by atoms with E-state index in [1.165, 1.54) is 11.8 Å². The number of aromatic nitrogens is 3. The molecule has 124 valence electrons. The predicted octanol–water partition coefficient (Wildman–Crippen LogP) is 4.75. The number of nitrogens with zero attached hydrogens (tertiary/aromatic N) is 3. The Morgan fingerprint density at radius 3 is 2.60 bits per heavy atom. The van der Waals surface area contributed by atoms with Gasteiger partial charge in [0, 0.05) is 21.5 Å². The van der Waals surface area contributed by atoms with Crippen LogP contribution >= 0.6 is 11.8 Å². The molecule has 25 heavy (non-hydrogen) atoms. The van der Waals surface area contributed by atoms with Gasteiger partial charge in [-0.2, -0.15) is 0 Å². The molecular formula is C19H15N3O2S. The summed E-state index contributed by atoms with van der Waals surface area (Å²) in [6.07, 6.45) is 0. The van der Waals surface area contributed by atoms with Gasteiger partial charge in [-0.05, 0) is 55.1 Å². The number of methoxy groups -OCH3 is 1. The number of fused-ring (bicyclic) bond motifs is 1. The van der Waals surface area contributed by atoms with Crippen LogP contribution in [0.1, 0.15) is 5.69 Å². The molecule has 2 aromatic heterocycles. The minimum absolute atomic E-state index is 0.486. The number of pyridine rings is 1.